The first-order valence-corrected chi connectivity index (χ1v) is 8.81. The Labute approximate surface area is 151 Å². The van der Waals surface area contributed by atoms with E-state index in [4.69, 9.17) is 16.3 Å². The number of halogens is 1. The highest BCUT2D eigenvalue weighted by Crippen LogP contribution is 2.44. The third-order valence-electron chi connectivity index (χ3n) is 5.13. The minimum atomic E-state index is -0.00884. The summed E-state index contributed by atoms with van der Waals surface area (Å²) in [5.74, 6) is 1.42. The van der Waals surface area contributed by atoms with Crippen LogP contribution in [0.2, 0.25) is 5.15 Å². The summed E-state index contributed by atoms with van der Waals surface area (Å²) in [6.07, 6.45) is 5.52. The molecule has 2 atom stereocenters. The molecule has 25 heavy (non-hydrogen) atoms. The fraction of sp³-hybridized carbons (Fsp3) is 0.389. The van der Waals surface area contributed by atoms with Gasteiger partial charge in [-0.1, -0.05) is 31.2 Å². The molecule has 0 saturated carbocycles. The highest BCUT2D eigenvalue weighted by atomic mass is 35.5. The van der Waals surface area contributed by atoms with E-state index in [1.807, 2.05) is 18.2 Å². The molecule has 0 aliphatic carbocycles. The predicted octanol–water partition coefficient (Wildman–Crippen LogP) is 3.40. The van der Waals surface area contributed by atoms with Crippen molar-refractivity contribution in [2.75, 3.05) is 23.3 Å². The number of fused-ring (bicyclic) bond motifs is 3. The SMILES string of the molecule is C=Cc1ccc(O[C@H]2CN3c4cc(Cl)nnc4NC[C@@]3(CC)C2)nc1. The third kappa shape index (κ3) is 2.80. The predicted molar refractivity (Wildman–Crippen MR) is 99.3 cm³/mol. The number of hydrogen-bond donors (Lipinski definition) is 1. The van der Waals surface area contributed by atoms with Crippen LogP contribution in [0.15, 0.2) is 31.0 Å². The fourth-order valence-corrected chi connectivity index (χ4v) is 3.89. The molecule has 0 amide bonds. The highest BCUT2D eigenvalue weighted by molar-refractivity contribution is 6.29. The number of aromatic nitrogens is 3. The summed E-state index contributed by atoms with van der Waals surface area (Å²) >= 11 is 6.07. The molecular formula is C18H20ClN5O. The summed E-state index contributed by atoms with van der Waals surface area (Å²) in [7, 11) is 0. The van der Waals surface area contributed by atoms with Crippen molar-refractivity contribution < 1.29 is 4.74 Å². The number of nitrogens with one attached hydrogen (secondary N) is 1. The van der Waals surface area contributed by atoms with Crippen molar-refractivity contribution in [1.82, 2.24) is 15.2 Å². The number of pyridine rings is 1. The van der Waals surface area contributed by atoms with Crippen molar-refractivity contribution in [1.29, 1.82) is 0 Å². The first-order chi connectivity index (χ1) is 12.1. The van der Waals surface area contributed by atoms with Gasteiger partial charge in [0.05, 0.1) is 17.8 Å². The van der Waals surface area contributed by atoms with Crippen LogP contribution in [0, 0.1) is 0 Å². The van der Waals surface area contributed by atoms with Gasteiger partial charge in [0, 0.05) is 31.3 Å². The Bertz CT molecular complexity index is 797. The maximum absolute atomic E-state index is 6.15. The monoisotopic (exact) mass is 357 g/mol. The highest BCUT2D eigenvalue weighted by Gasteiger charge is 2.48. The number of rotatable bonds is 4. The summed E-state index contributed by atoms with van der Waals surface area (Å²) in [5.41, 5.74) is 1.96. The summed E-state index contributed by atoms with van der Waals surface area (Å²) in [6, 6.07) is 5.72. The van der Waals surface area contributed by atoms with Crippen LogP contribution < -0.4 is 15.0 Å². The van der Waals surface area contributed by atoms with E-state index in [2.05, 4.69) is 38.9 Å². The van der Waals surface area contributed by atoms with Gasteiger partial charge in [0.15, 0.2) is 11.0 Å². The number of anilines is 2. The van der Waals surface area contributed by atoms with Crippen molar-refractivity contribution in [2.45, 2.75) is 31.4 Å². The Kier molecular flexibility index (Phi) is 4.00. The normalized spacial score (nSPS) is 24.2. The van der Waals surface area contributed by atoms with Crippen LogP contribution in [0.5, 0.6) is 5.88 Å². The van der Waals surface area contributed by atoms with Crippen molar-refractivity contribution in [3.05, 3.63) is 41.7 Å². The van der Waals surface area contributed by atoms with Gasteiger partial charge >= 0.3 is 0 Å². The number of nitrogens with zero attached hydrogens (tertiary/aromatic N) is 4. The summed E-state index contributed by atoms with van der Waals surface area (Å²) in [6.45, 7) is 7.54. The molecule has 1 fully saturated rings. The van der Waals surface area contributed by atoms with Crippen molar-refractivity contribution in [2.24, 2.45) is 0 Å². The van der Waals surface area contributed by atoms with E-state index in [0.29, 0.717) is 11.0 Å². The minimum absolute atomic E-state index is 0.00884. The van der Waals surface area contributed by atoms with E-state index in [1.54, 1.807) is 12.3 Å². The zero-order valence-corrected chi connectivity index (χ0v) is 14.8. The molecule has 0 unspecified atom stereocenters. The molecule has 0 aromatic carbocycles. The summed E-state index contributed by atoms with van der Waals surface area (Å²) in [5, 5.41) is 11.9. The topological polar surface area (TPSA) is 63.2 Å². The first-order valence-electron chi connectivity index (χ1n) is 8.43. The Balaban J connectivity index is 1.59. The molecule has 2 aliphatic heterocycles. The van der Waals surface area contributed by atoms with E-state index in [0.717, 1.165) is 43.0 Å². The van der Waals surface area contributed by atoms with Gasteiger partial charge in [-0.2, -0.15) is 0 Å². The van der Waals surface area contributed by atoms with Crippen LogP contribution in [0.3, 0.4) is 0 Å². The molecule has 130 valence electrons. The maximum atomic E-state index is 6.15. The van der Waals surface area contributed by atoms with E-state index in [1.165, 1.54) is 0 Å². The Morgan fingerprint density at radius 3 is 3.08 bits per heavy atom. The quantitative estimate of drug-likeness (QED) is 0.904. The molecule has 2 aliphatic rings. The average molecular weight is 358 g/mol. The molecule has 1 saturated heterocycles. The summed E-state index contributed by atoms with van der Waals surface area (Å²) in [4.78, 5) is 6.73. The van der Waals surface area contributed by atoms with Crippen LogP contribution in [-0.4, -0.2) is 39.9 Å². The Morgan fingerprint density at radius 2 is 2.36 bits per heavy atom. The molecule has 4 heterocycles. The minimum Gasteiger partial charge on any atom is -0.472 e. The van der Waals surface area contributed by atoms with Gasteiger partial charge in [0.25, 0.3) is 0 Å². The van der Waals surface area contributed by atoms with Gasteiger partial charge in [0.1, 0.15) is 6.10 Å². The second-order valence-corrected chi connectivity index (χ2v) is 6.91. The Morgan fingerprint density at radius 1 is 1.48 bits per heavy atom. The molecule has 2 aromatic heterocycles. The second kappa shape index (κ2) is 6.19. The van der Waals surface area contributed by atoms with Gasteiger partial charge in [-0.25, -0.2) is 4.98 Å². The van der Waals surface area contributed by atoms with Gasteiger partial charge in [-0.3, -0.25) is 0 Å². The van der Waals surface area contributed by atoms with E-state index in [9.17, 15) is 0 Å². The molecule has 7 heteroatoms. The zero-order chi connectivity index (χ0) is 17.4. The molecule has 1 N–H and O–H groups in total. The van der Waals surface area contributed by atoms with E-state index >= 15 is 0 Å². The van der Waals surface area contributed by atoms with E-state index < -0.39 is 0 Å². The molecule has 0 radical (unpaired) electrons. The van der Waals surface area contributed by atoms with Crippen LogP contribution in [0.4, 0.5) is 11.5 Å². The van der Waals surface area contributed by atoms with Crippen LogP contribution in [-0.2, 0) is 0 Å². The molecule has 0 bridgehead atoms. The lowest BCUT2D eigenvalue weighted by atomic mass is 9.90. The van der Waals surface area contributed by atoms with Crippen LogP contribution in [0.25, 0.3) is 6.08 Å². The average Bonchev–Trinajstić information content (AvgIpc) is 3.01. The van der Waals surface area contributed by atoms with Crippen molar-refractivity contribution in [3.63, 3.8) is 0 Å². The maximum Gasteiger partial charge on any atom is 0.213 e. The van der Waals surface area contributed by atoms with Gasteiger partial charge in [0.2, 0.25) is 5.88 Å². The molecule has 0 spiro atoms. The summed E-state index contributed by atoms with van der Waals surface area (Å²) < 4.78 is 6.15. The van der Waals surface area contributed by atoms with Crippen molar-refractivity contribution >= 4 is 29.2 Å². The van der Waals surface area contributed by atoms with Gasteiger partial charge < -0.3 is 15.0 Å². The molecular weight excluding hydrogens is 338 g/mol. The first kappa shape index (κ1) is 16.1. The van der Waals surface area contributed by atoms with Gasteiger partial charge in [-0.15, -0.1) is 10.2 Å². The molecule has 6 nitrogen and oxygen atoms in total. The Hall–Kier alpha value is -2.34. The zero-order valence-electron chi connectivity index (χ0n) is 14.1. The van der Waals surface area contributed by atoms with Gasteiger partial charge in [-0.05, 0) is 18.1 Å². The smallest absolute Gasteiger partial charge is 0.213 e. The third-order valence-corrected chi connectivity index (χ3v) is 5.31. The van der Waals surface area contributed by atoms with Crippen LogP contribution >= 0.6 is 11.6 Å². The number of hydrogen-bond acceptors (Lipinski definition) is 6. The van der Waals surface area contributed by atoms with Crippen molar-refractivity contribution in [3.8, 4) is 5.88 Å². The van der Waals surface area contributed by atoms with E-state index in [-0.39, 0.29) is 11.6 Å². The molecule has 2 aromatic rings. The lowest BCUT2D eigenvalue weighted by molar-refractivity contribution is 0.202. The number of ether oxygens (including phenoxy) is 1. The largest absolute Gasteiger partial charge is 0.472 e. The lowest BCUT2D eigenvalue weighted by Crippen LogP contribution is -2.52. The second-order valence-electron chi connectivity index (χ2n) is 6.52. The lowest BCUT2D eigenvalue weighted by Gasteiger charge is -2.43. The molecule has 4 rings (SSSR count). The standard InChI is InChI=1S/C18H20ClN5O/c1-3-12-5-6-16(20-9-12)25-13-8-18(4-2)11-21-17-14(24(18)10-13)7-15(19)22-23-17/h3,5-7,9,13H,1,4,8,10-11H2,2H3,(H,21,23)/t13-,18-/m1/s1. The fourth-order valence-electron chi connectivity index (χ4n) is 3.75. The van der Waals surface area contributed by atoms with Crippen LogP contribution in [0.1, 0.15) is 25.3 Å².